The summed E-state index contributed by atoms with van der Waals surface area (Å²) in [4.78, 5) is 16.9. The summed E-state index contributed by atoms with van der Waals surface area (Å²) in [6.45, 7) is 1.33. The third-order valence-electron chi connectivity index (χ3n) is 7.32. The Morgan fingerprint density at radius 2 is 1.97 bits per heavy atom. The molecule has 0 bridgehead atoms. The second-order valence-electron chi connectivity index (χ2n) is 9.28. The predicted octanol–water partition coefficient (Wildman–Crippen LogP) is 4.88. The standard InChI is InChI=1S/C28H23N5O2/c34-27-28(22-3-1-2-4-24(22)30-27)16-23(28)19-7-10-21-25(15-19)31-32-26(21)18-5-8-20(9-6-18)35-14-13-33-12-11-29-17-33/h1-12,15,17,23H,13-14,16H2,(H,30,34)(H,31,32)/t23-,28?/m0/s1. The smallest absolute Gasteiger partial charge is 0.235 e. The molecule has 3 aromatic carbocycles. The Hall–Kier alpha value is -4.39. The van der Waals surface area contributed by atoms with Gasteiger partial charge in [0.15, 0.2) is 0 Å². The number of H-pyrrole nitrogens is 1. The number of nitrogens with zero attached hydrogens (tertiary/aromatic N) is 3. The summed E-state index contributed by atoms with van der Waals surface area (Å²) in [7, 11) is 0. The number of aromatic nitrogens is 4. The second kappa shape index (κ2) is 7.56. The molecule has 0 saturated heterocycles. The van der Waals surface area contributed by atoms with Crippen molar-refractivity contribution < 1.29 is 9.53 Å². The highest BCUT2D eigenvalue weighted by Gasteiger charge is 2.65. The first-order valence-electron chi connectivity index (χ1n) is 11.8. The van der Waals surface area contributed by atoms with Crippen LogP contribution in [0, 0.1) is 0 Å². The maximum absolute atomic E-state index is 12.9. The van der Waals surface area contributed by atoms with E-state index in [1.807, 2.05) is 53.2 Å². The van der Waals surface area contributed by atoms with Crippen LogP contribution in [0.3, 0.4) is 0 Å². The number of hydrogen-bond donors (Lipinski definition) is 2. The number of benzene rings is 3. The lowest BCUT2D eigenvalue weighted by atomic mass is 9.91. The van der Waals surface area contributed by atoms with E-state index in [0.717, 1.165) is 52.1 Å². The van der Waals surface area contributed by atoms with Crippen molar-refractivity contribution >= 4 is 22.5 Å². The van der Waals surface area contributed by atoms with Gasteiger partial charge in [-0.25, -0.2) is 4.98 Å². The lowest BCUT2D eigenvalue weighted by Gasteiger charge is -2.09. The molecule has 1 amide bonds. The van der Waals surface area contributed by atoms with Crippen LogP contribution in [0.4, 0.5) is 5.69 Å². The van der Waals surface area contributed by atoms with Crippen molar-refractivity contribution in [3.05, 3.63) is 96.6 Å². The van der Waals surface area contributed by atoms with E-state index >= 15 is 0 Å². The van der Waals surface area contributed by atoms with Crippen molar-refractivity contribution in [1.82, 2.24) is 19.7 Å². The zero-order chi connectivity index (χ0) is 23.4. The third kappa shape index (κ3) is 3.15. The lowest BCUT2D eigenvalue weighted by Crippen LogP contribution is -2.20. The van der Waals surface area contributed by atoms with Gasteiger partial charge in [-0.2, -0.15) is 5.10 Å². The van der Waals surface area contributed by atoms with Crippen LogP contribution < -0.4 is 10.1 Å². The minimum Gasteiger partial charge on any atom is -0.492 e. The monoisotopic (exact) mass is 461 g/mol. The Morgan fingerprint density at radius 1 is 1.09 bits per heavy atom. The van der Waals surface area contributed by atoms with Gasteiger partial charge in [-0.15, -0.1) is 0 Å². The Balaban J connectivity index is 1.10. The second-order valence-corrected chi connectivity index (χ2v) is 9.28. The van der Waals surface area contributed by atoms with Gasteiger partial charge in [-0.3, -0.25) is 9.89 Å². The van der Waals surface area contributed by atoms with Crippen LogP contribution in [-0.2, 0) is 16.8 Å². The van der Waals surface area contributed by atoms with Crippen molar-refractivity contribution in [2.75, 3.05) is 11.9 Å². The van der Waals surface area contributed by atoms with E-state index in [2.05, 4.69) is 44.8 Å². The fourth-order valence-electron chi connectivity index (χ4n) is 5.42. The summed E-state index contributed by atoms with van der Waals surface area (Å²) in [6.07, 6.45) is 6.31. The molecule has 7 nitrogen and oxygen atoms in total. The van der Waals surface area contributed by atoms with Gasteiger partial charge < -0.3 is 14.6 Å². The van der Waals surface area contributed by atoms with E-state index in [1.165, 1.54) is 5.56 Å². The van der Waals surface area contributed by atoms with Crippen LogP contribution in [0.25, 0.3) is 22.2 Å². The normalized spacial score (nSPS) is 20.2. The number of ether oxygens (including phenoxy) is 1. The van der Waals surface area contributed by atoms with Gasteiger partial charge >= 0.3 is 0 Å². The highest BCUT2D eigenvalue weighted by molar-refractivity contribution is 6.10. The summed E-state index contributed by atoms with van der Waals surface area (Å²) in [5.74, 6) is 1.12. The van der Waals surface area contributed by atoms with Gasteiger partial charge in [0, 0.05) is 34.9 Å². The van der Waals surface area contributed by atoms with Crippen molar-refractivity contribution in [3.8, 4) is 17.0 Å². The zero-order valence-corrected chi connectivity index (χ0v) is 18.9. The van der Waals surface area contributed by atoms with Gasteiger partial charge in [-0.05, 0) is 53.9 Å². The number of carbonyl (C=O) groups excluding carboxylic acids is 1. The van der Waals surface area contributed by atoms with Crippen molar-refractivity contribution in [1.29, 1.82) is 0 Å². The van der Waals surface area contributed by atoms with E-state index in [4.69, 9.17) is 4.74 Å². The first-order chi connectivity index (χ1) is 17.2. The highest BCUT2D eigenvalue weighted by Crippen LogP contribution is 2.65. The molecule has 1 unspecified atom stereocenters. The van der Waals surface area contributed by atoms with Crippen LogP contribution in [0.15, 0.2) is 85.5 Å². The lowest BCUT2D eigenvalue weighted by molar-refractivity contribution is -0.118. The van der Waals surface area contributed by atoms with Crippen molar-refractivity contribution in [2.24, 2.45) is 0 Å². The minimum absolute atomic E-state index is 0.112. The summed E-state index contributed by atoms with van der Waals surface area (Å²) >= 11 is 0. The number of carbonyl (C=O) groups is 1. The molecule has 172 valence electrons. The first kappa shape index (κ1) is 20.0. The fraction of sp³-hybridized carbons (Fsp3) is 0.179. The van der Waals surface area contributed by atoms with Gasteiger partial charge in [0.05, 0.1) is 29.5 Å². The molecule has 0 radical (unpaired) electrons. The van der Waals surface area contributed by atoms with Crippen LogP contribution in [-0.4, -0.2) is 32.3 Å². The minimum atomic E-state index is -0.430. The quantitative estimate of drug-likeness (QED) is 0.377. The molecular weight excluding hydrogens is 438 g/mol. The Morgan fingerprint density at radius 3 is 2.83 bits per heavy atom. The number of hydrogen-bond acceptors (Lipinski definition) is 4. The molecule has 35 heavy (non-hydrogen) atoms. The number of anilines is 1. The first-order valence-corrected chi connectivity index (χ1v) is 11.8. The molecule has 5 aromatic rings. The Kier molecular flexibility index (Phi) is 4.33. The predicted molar refractivity (Wildman–Crippen MR) is 133 cm³/mol. The molecule has 1 saturated carbocycles. The number of nitrogens with one attached hydrogen (secondary N) is 2. The average Bonchev–Trinajstić information content (AvgIpc) is 3.15. The SMILES string of the molecule is O=C1Nc2ccccc2C12C[C@H]2c1ccc2c(-c3ccc(OCCn4ccnc4)cc3)n[nH]c2c1. The average molecular weight is 462 g/mol. The van der Waals surface area contributed by atoms with E-state index < -0.39 is 5.41 Å². The molecule has 3 heterocycles. The zero-order valence-electron chi connectivity index (χ0n) is 18.9. The maximum Gasteiger partial charge on any atom is 0.235 e. The summed E-state index contributed by atoms with van der Waals surface area (Å²) in [5, 5.41) is 11.9. The number of amides is 1. The topological polar surface area (TPSA) is 84.8 Å². The van der Waals surface area contributed by atoms with Crippen LogP contribution in [0.5, 0.6) is 5.75 Å². The largest absolute Gasteiger partial charge is 0.492 e. The van der Waals surface area contributed by atoms with Crippen molar-refractivity contribution in [3.63, 3.8) is 0 Å². The van der Waals surface area contributed by atoms with Gasteiger partial charge in [0.2, 0.25) is 5.91 Å². The van der Waals surface area contributed by atoms with Gasteiger partial charge in [0.1, 0.15) is 12.4 Å². The van der Waals surface area contributed by atoms with E-state index in [-0.39, 0.29) is 11.8 Å². The van der Waals surface area contributed by atoms with Crippen molar-refractivity contribution in [2.45, 2.75) is 24.3 Å². The van der Waals surface area contributed by atoms with Gasteiger partial charge in [-0.1, -0.05) is 30.3 Å². The number of aromatic amines is 1. The number of rotatable bonds is 6. The third-order valence-corrected chi connectivity index (χ3v) is 7.32. The number of imidazole rings is 1. The number of fused-ring (bicyclic) bond motifs is 3. The van der Waals surface area contributed by atoms with Crippen LogP contribution >= 0.6 is 0 Å². The molecule has 2 aliphatic rings. The molecule has 1 aliphatic carbocycles. The Labute approximate surface area is 201 Å². The molecule has 1 fully saturated rings. The molecule has 1 aliphatic heterocycles. The maximum atomic E-state index is 12.9. The molecule has 7 heteroatoms. The summed E-state index contributed by atoms with van der Waals surface area (Å²) < 4.78 is 7.84. The van der Waals surface area contributed by atoms with Crippen LogP contribution in [0.1, 0.15) is 23.5 Å². The highest BCUT2D eigenvalue weighted by atomic mass is 16.5. The van der Waals surface area contributed by atoms with E-state index in [1.54, 1.807) is 12.5 Å². The summed E-state index contributed by atoms with van der Waals surface area (Å²) in [6, 6.07) is 22.5. The molecule has 2 aromatic heterocycles. The molecule has 7 rings (SSSR count). The Bertz CT molecular complexity index is 1550. The molecule has 2 atom stereocenters. The van der Waals surface area contributed by atoms with E-state index in [0.29, 0.717) is 6.61 Å². The van der Waals surface area contributed by atoms with Crippen LogP contribution in [0.2, 0.25) is 0 Å². The molecule has 2 N–H and O–H groups in total. The molecular formula is C28H23N5O2. The molecule has 1 spiro atoms. The number of para-hydroxylation sites is 1. The van der Waals surface area contributed by atoms with Gasteiger partial charge in [0.25, 0.3) is 0 Å². The van der Waals surface area contributed by atoms with E-state index in [9.17, 15) is 4.79 Å². The fourth-order valence-corrected chi connectivity index (χ4v) is 5.42. The summed E-state index contributed by atoms with van der Waals surface area (Å²) in [5.41, 5.74) is 5.71.